The smallest absolute Gasteiger partial charge is 0.356 e. The highest BCUT2D eigenvalue weighted by molar-refractivity contribution is 6.07. The van der Waals surface area contributed by atoms with Crippen molar-refractivity contribution >= 4 is 28.2 Å². The van der Waals surface area contributed by atoms with Crippen LogP contribution in [0.15, 0.2) is 48.5 Å². The monoisotopic (exact) mass is 309 g/mol. The second-order valence-corrected chi connectivity index (χ2v) is 4.88. The molecule has 0 saturated heterocycles. The van der Waals surface area contributed by atoms with Crippen molar-refractivity contribution in [3.8, 4) is 11.1 Å². The molecule has 23 heavy (non-hydrogen) atoms. The molecule has 0 radical (unpaired) electrons. The van der Waals surface area contributed by atoms with Crippen LogP contribution < -0.4 is 5.73 Å². The van der Waals surface area contributed by atoms with Gasteiger partial charge in [0, 0.05) is 23.1 Å². The van der Waals surface area contributed by atoms with Crippen molar-refractivity contribution in [1.82, 2.24) is 4.98 Å². The Labute approximate surface area is 130 Å². The maximum Gasteiger partial charge on any atom is 0.356 e. The van der Waals surface area contributed by atoms with Crippen LogP contribution in [-0.4, -0.2) is 21.0 Å². The van der Waals surface area contributed by atoms with Crippen LogP contribution in [0.25, 0.3) is 22.0 Å². The molecule has 0 amide bonds. The Morgan fingerprint density at radius 1 is 1.17 bits per heavy atom. The standard InChI is InChI=1S/C16H11N3O4/c17-14-13(9-4-2-1-3-5-9)11-8-10(19(22)23)6-7-12(11)18-15(14)16(20)21/h1-8H,17H2,(H,20,21). The third-order valence-corrected chi connectivity index (χ3v) is 3.48. The third kappa shape index (κ3) is 2.44. The lowest BCUT2D eigenvalue weighted by Gasteiger charge is -2.12. The van der Waals surface area contributed by atoms with E-state index in [-0.39, 0.29) is 17.1 Å². The molecule has 0 fully saturated rings. The summed E-state index contributed by atoms with van der Waals surface area (Å²) in [5, 5.41) is 20.7. The van der Waals surface area contributed by atoms with Crippen LogP contribution in [0.5, 0.6) is 0 Å². The van der Waals surface area contributed by atoms with Crippen molar-refractivity contribution in [1.29, 1.82) is 0 Å². The first kappa shape index (κ1) is 14.5. The molecule has 0 aliphatic heterocycles. The molecule has 0 aliphatic carbocycles. The van der Waals surface area contributed by atoms with E-state index < -0.39 is 10.9 Å². The average Bonchev–Trinajstić information content (AvgIpc) is 2.54. The fourth-order valence-corrected chi connectivity index (χ4v) is 2.46. The van der Waals surface area contributed by atoms with E-state index in [9.17, 15) is 20.0 Å². The number of non-ortho nitro benzene ring substituents is 1. The maximum atomic E-state index is 11.4. The summed E-state index contributed by atoms with van der Waals surface area (Å²) < 4.78 is 0. The van der Waals surface area contributed by atoms with Gasteiger partial charge in [0.15, 0.2) is 5.69 Å². The van der Waals surface area contributed by atoms with Gasteiger partial charge in [-0.05, 0) is 11.6 Å². The van der Waals surface area contributed by atoms with Gasteiger partial charge in [-0.15, -0.1) is 0 Å². The summed E-state index contributed by atoms with van der Waals surface area (Å²) >= 11 is 0. The number of aromatic nitrogens is 1. The first-order valence-corrected chi connectivity index (χ1v) is 6.65. The van der Waals surface area contributed by atoms with Gasteiger partial charge in [0.25, 0.3) is 5.69 Å². The Bertz CT molecular complexity index is 939. The molecule has 3 N–H and O–H groups in total. The minimum absolute atomic E-state index is 0.0169. The van der Waals surface area contributed by atoms with Crippen LogP contribution >= 0.6 is 0 Å². The Hall–Kier alpha value is -3.48. The Morgan fingerprint density at radius 2 is 1.87 bits per heavy atom. The van der Waals surface area contributed by atoms with Gasteiger partial charge in [-0.2, -0.15) is 0 Å². The van der Waals surface area contributed by atoms with Crippen LogP contribution in [0.3, 0.4) is 0 Å². The first-order valence-electron chi connectivity index (χ1n) is 6.65. The van der Waals surface area contributed by atoms with E-state index in [2.05, 4.69) is 4.98 Å². The Morgan fingerprint density at radius 3 is 2.48 bits per heavy atom. The number of carbonyl (C=O) groups is 1. The second-order valence-electron chi connectivity index (χ2n) is 4.88. The normalized spacial score (nSPS) is 10.6. The molecule has 0 spiro atoms. The van der Waals surface area contributed by atoms with Crippen molar-refractivity contribution in [3.63, 3.8) is 0 Å². The van der Waals surface area contributed by atoms with Gasteiger partial charge in [0.05, 0.1) is 16.1 Å². The highest BCUT2D eigenvalue weighted by atomic mass is 16.6. The zero-order valence-corrected chi connectivity index (χ0v) is 11.8. The molecule has 0 saturated carbocycles. The minimum atomic E-state index is -1.25. The zero-order valence-electron chi connectivity index (χ0n) is 11.8. The maximum absolute atomic E-state index is 11.4. The second kappa shape index (κ2) is 5.38. The summed E-state index contributed by atoms with van der Waals surface area (Å²) in [6.07, 6.45) is 0. The summed E-state index contributed by atoms with van der Waals surface area (Å²) in [6, 6.07) is 12.9. The number of carboxylic acid groups (broad SMARTS) is 1. The summed E-state index contributed by atoms with van der Waals surface area (Å²) in [6.45, 7) is 0. The number of nitrogen functional groups attached to an aromatic ring is 1. The van der Waals surface area contributed by atoms with Gasteiger partial charge in [-0.3, -0.25) is 10.1 Å². The Balaban J connectivity index is 2.45. The number of hydrogen-bond acceptors (Lipinski definition) is 5. The number of aromatic carboxylic acids is 1. The molecule has 114 valence electrons. The highest BCUT2D eigenvalue weighted by Gasteiger charge is 2.20. The third-order valence-electron chi connectivity index (χ3n) is 3.48. The largest absolute Gasteiger partial charge is 0.476 e. The number of fused-ring (bicyclic) bond motifs is 1. The van der Waals surface area contributed by atoms with Gasteiger partial charge in [0.2, 0.25) is 0 Å². The van der Waals surface area contributed by atoms with Gasteiger partial charge < -0.3 is 10.8 Å². The van der Waals surface area contributed by atoms with Gasteiger partial charge >= 0.3 is 5.97 Å². The number of hydrogen-bond donors (Lipinski definition) is 2. The number of nitrogens with two attached hydrogens (primary N) is 1. The Kier molecular flexibility index (Phi) is 3.38. The van der Waals surface area contributed by atoms with E-state index in [1.165, 1.54) is 18.2 Å². The van der Waals surface area contributed by atoms with Crippen LogP contribution in [-0.2, 0) is 0 Å². The molecular formula is C16H11N3O4. The number of pyridine rings is 1. The van der Waals surface area contributed by atoms with Gasteiger partial charge in [-0.1, -0.05) is 30.3 Å². The molecule has 0 aliphatic rings. The molecule has 0 bridgehead atoms. The molecule has 0 atom stereocenters. The molecule has 7 nitrogen and oxygen atoms in total. The van der Waals surface area contributed by atoms with E-state index in [1.807, 2.05) is 6.07 Å². The van der Waals surface area contributed by atoms with E-state index in [4.69, 9.17) is 5.73 Å². The molecule has 7 heteroatoms. The van der Waals surface area contributed by atoms with Crippen molar-refractivity contribution < 1.29 is 14.8 Å². The number of rotatable bonds is 3. The lowest BCUT2D eigenvalue weighted by atomic mass is 9.97. The van der Waals surface area contributed by atoms with Crippen LogP contribution in [0.2, 0.25) is 0 Å². The lowest BCUT2D eigenvalue weighted by molar-refractivity contribution is -0.384. The summed E-state index contributed by atoms with van der Waals surface area (Å²) in [5.41, 5.74) is 7.02. The number of nitrogens with zero attached hydrogens (tertiary/aromatic N) is 2. The summed E-state index contributed by atoms with van der Waals surface area (Å²) in [5.74, 6) is -1.25. The molecule has 1 heterocycles. The minimum Gasteiger partial charge on any atom is -0.476 e. The molecule has 3 aromatic rings. The SMILES string of the molecule is Nc1c(C(=O)O)nc2ccc([N+](=O)[O-])cc2c1-c1ccccc1. The van der Waals surface area contributed by atoms with Gasteiger partial charge in [-0.25, -0.2) is 9.78 Å². The van der Waals surface area contributed by atoms with Crippen LogP contribution in [0.1, 0.15) is 10.5 Å². The topological polar surface area (TPSA) is 119 Å². The van der Waals surface area contributed by atoms with E-state index in [0.29, 0.717) is 22.0 Å². The lowest BCUT2D eigenvalue weighted by Crippen LogP contribution is -2.08. The number of anilines is 1. The number of benzene rings is 2. The molecule has 1 aromatic heterocycles. The summed E-state index contributed by atoms with van der Waals surface area (Å²) in [7, 11) is 0. The molecule has 3 rings (SSSR count). The number of nitro benzene ring substituents is 1. The highest BCUT2D eigenvalue weighted by Crippen LogP contribution is 2.36. The van der Waals surface area contributed by atoms with Crippen molar-refractivity contribution in [2.45, 2.75) is 0 Å². The fraction of sp³-hybridized carbons (Fsp3) is 0. The first-order chi connectivity index (χ1) is 11.0. The molecule has 0 unspecified atom stereocenters. The molecular weight excluding hydrogens is 298 g/mol. The number of carboxylic acids is 1. The fourth-order valence-electron chi connectivity index (χ4n) is 2.46. The average molecular weight is 309 g/mol. The van der Waals surface area contributed by atoms with Crippen molar-refractivity contribution in [2.75, 3.05) is 5.73 Å². The van der Waals surface area contributed by atoms with Crippen molar-refractivity contribution in [3.05, 3.63) is 64.3 Å². The number of nitro groups is 1. The van der Waals surface area contributed by atoms with E-state index >= 15 is 0 Å². The van der Waals surface area contributed by atoms with Crippen LogP contribution in [0, 0.1) is 10.1 Å². The van der Waals surface area contributed by atoms with Gasteiger partial charge in [0.1, 0.15) is 0 Å². The predicted octanol–water partition coefficient (Wildman–Crippen LogP) is 3.09. The quantitative estimate of drug-likeness (QED) is 0.566. The summed E-state index contributed by atoms with van der Waals surface area (Å²) in [4.78, 5) is 25.9. The van der Waals surface area contributed by atoms with E-state index in [1.54, 1.807) is 24.3 Å². The van der Waals surface area contributed by atoms with E-state index in [0.717, 1.165) is 0 Å². The predicted molar refractivity (Wildman–Crippen MR) is 85.2 cm³/mol. The zero-order chi connectivity index (χ0) is 16.6. The van der Waals surface area contributed by atoms with Crippen molar-refractivity contribution in [2.24, 2.45) is 0 Å². The molecule has 2 aromatic carbocycles. The van der Waals surface area contributed by atoms with Crippen LogP contribution in [0.4, 0.5) is 11.4 Å².